The van der Waals surface area contributed by atoms with Crippen LogP contribution in [0.3, 0.4) is 0 Å². The SMILES string of the molecule is Cc1cc(CCN)sc1Br.Cl. The molecule has 0 saturated carbocycles. The molecule has 2 N–H and O–H groups in total. The molecule has 4 heteroatoms. The molecule has 64 valence electrons. The second-order valence-electron chi connectivity index (χ2n) is 2.21. The van der Waals surface area contributed by atoms with E-state index in [4.69, 9.17) is 5.73 Å². The Hall–Kier alpha value is 0.430. The standard InChI is InChI=1S/C7H10BrNS.ClH/c1-5-4-6(2-3-9)10-7(5)8;/h4H,2-3,9H2,1H3;1H. The molecule has 0 unspecified atom stereocenters. The number of nitrogens with two attached hydrogens (primary N) is 1. The van der Waals surface area contributed by atoms with Gasteiger partial charge in [0.25, 0.3) is 0 Å². The minimum atomic E-state index is 0. The second kappa shape index (κ2) is 5.14. The van der Waals surface area contributed by atoms with Gasteiger partial charge in [0.15, 0.2) is 0 Å². The minimum absolute atomic E-state index is 0. The zero-order valence-corrected chi connectivity index (χ0v) is 9.48. The van der Waals surface area contributed by atoms with Crippen molar-refractivity contribution >= 4 is 39.7 Å². The smallest absolute Gasteiger partial charge is 0.0730 e. The van der Waals surface area contributed by atoms with Crippen LogP contribution in [0, 0.1) is 6.92 Å². The van der Waals surface area contributed by atoms with Crippen molar-refractivity contribution in [2.45, 2.75) is 13.3 Å². The number of hydrogen-bond acceptors (Lipinski definition) is 2. The molecule has 11 heavy (non-hydrogen) atoms. The third-order valence-corrected chi connectivity index (χ3v) is 3.50. The summed E-state index contributed by atoms with van der Waals surface area (Å²) in [7, 11) is 0. The molecule has 1 rings (SSSR count). The van der Waals surface area contributed by atoms with Gasteiger partial charge in [0, 0.05) is 4.88 Å². The molecular weight excluding hydrogens is 246 g/mol. The number of hydrogen-bond donors (Lipinski definition) is 1. The monoisotopic (exact) mass is 255 g/mol. The normalized spacial score (nSPS) is 9.36. The first-order valence-corrected chi connectivity index (χ1v) is 4.80. The molecule has 0 radical (unpaired) electrons. The zero-order valence-electron chi connectivity index (χ0n) is 6.26. The van der Waals surface area contributed by atoms with Crippen LogP contribution in [-0.4, -0.2) is 6.54 Å². The number of thiophene rings is 1. The average Bonchev–Trinajstić information content (AvgIpc) is 2.14. The molecule has 0 fully saturated rings. The van der Waals surface area contributed by atoms with E-state index in [1.165, 1.54) is 14.2 Å². The highest BCUT2D eigenvalue weighted by Gasteiger charge is 2.00. The summed E-state index contributed by atoms with van der Waals surface area (Å²) in [6.07, 6.45) is 0.997. The summed E-state index contributed by atoms with van der Waals surface area (Å²) in [6.45, 7) is 2.84. The highest BCUT2D eigenvalue weighted by atomic mass is 79.9. The highest BCUT2D eigenvalue weighted by Crippen LogP contribution is 2.27. The molecule has 0 aliphatic rings. The van der Waals surface area contributed by atoms with E-state index < -0.39 is 0 Å². The summed E-state index contributed by atoms with van der Waals surface area (Å²) in [5, 5.41) is 0. The van der Waals surface area contributed by atoms with Gasteiger partial charge in [0.1, 0.15) is 0 Å². The molecule has 0 amide bonds. The molecule has 1 heterocycles. The quantitative estimate of drug-likeness (QED) is 0.865. The lowest BCUT2D eigenvalue weighted by atomic mass is 10.3. The molecule has 1 aromatic heterocycles. The highest BCUT2D eigenvalue weighted by molar-refractivity contribution is 9.11. The van der Waals surface area contributed by atoms with Crippen LogP contribution in [-0.2, 0) is 6.42 Å². The number of halogens is 2. The fraction of sp³-hybridized carbons (Fsp3) is 0.429. The summed E-state index contributed by atoms with van der Waals surface area (Å²) in [5.41, 5.74) is 6.72. The lowest BCUT2D eigenvalue weighted by Gasteiger charge is -1.87. The molecule has 0 aliphatic carbocycles. The van der Waals surface area contributed by atoms with Crippen molar-refractivity contribution < 1.29 is 0 Å². The summed E-state index contributed by atoms with van der Waals surface area (Å²) in [5.74, 6) is 0. The van der Waals surface area contributed by atoms with E-state index in [2.05, 4.69) is 28.9 Å². The lowest BCUT2D eigenvalue weighted by Crippen LogP contribution is -2.00. The molecule has 1 nitrogen and oxygen atoms in total. The predicted octanol–water partition coefficient (Wildman–Crippen LogP) is 2.74. The topological polar surface area (TPSA) is 26.0 Å². The second-order valence-corrected chi connectivity index (χ2v) is 4.66. The first kappa shape index (κ1) is 11.4. The summed E-state index contributed by atoms with van der Waals surface area (Å²) >= 11 is 5.24. The van der Waals surface area contributed by atoms with Crippen LogP contribution in [0.1, 0.15) is 10.4 Å². The van der Waals surface area contributed by atoms with E-state index in [1.54, 1.807) is 11.3 Å². The van der Waals surface area contributed by atoms with Crippen molar-refractivity contribution in [2.75, 3.05) is 6.54 Å². The van der Waals surface area contributed by atoms with Crippen LogP contribution >= 0.6 is 39.7 Å². The molecular formula is C7H11BrClNS. The first-order chi connectivity index (χ1) is 4.74. The van der Waals surface area contributed by atoms with E-state index in [1.807, 2.05) is 0 Å². The summed E-state index contributed by atoms with van der Waals surface area (Å²) in [6, 6.07) is 2.18. The van der Waals surface area contributed by atoms with Crippen molar-refractivity contribution in [1.29, 1.82) is 0 Å². The van der Waals surface area contributed by atoms with Crippen LogP contribution in [0.5, 0.6) is 0 Å². The Morgan fingerprint density at radius 3 is 2.64 bits per heavy atom. The van der Waals surface area contributed by atoms with Crippen LogP contribution in [0.25, 0.3) is 0 Å². The van der Waals surface area contributed by atoms with E-state index >= 15 is 0 Å². The molecule has 1 aromatic rings. The van der Waals surface area contributed by atoms with E-state index in [9.17, 15) is 0 Å². The van der Waals surface area contributed by atoms with Crippen molar-refractivity contribution in [3.8, 4) is 0 Å². The van der Waals surface area contributed by atoms with Gasteiger partial charge in [-0.05, 0) is 47.4 Å². The van der Waals surface area contributed by atoms with E-state index in [-0.39, 0.29) is 12.4 Å². The number of rotatable bonds is 2. The van der Waals surface area contributed by atoms with Gasteiger partial charge in [-0.15, -0.1) is 23.7 Å². The molecule has 0 aromatic carbocycles. The maximum atomic E-state index is 5.41. The molecule has 0 saturated heterocycles. The predicted molar refractivity (Wildman–Crippen MR) is 56.8 cm³/mol. The van der Waals surface area contributed by atoms with Crippen molar-refractivity contribution in [1.82, 2.24) is 0 Å². The largest absolute Gasteiger partial charge is 0.330 e. The Bertz CT molecular complexity index is 205. The first-order valence-electron chi connectivity index (χ1n) is 3.19. The van der Waals surface area contributed by atoms with Crippen molar-refractivity contribution in [3.63, 3.8) is 0 Å². The molecule has 0 spiro atoms. The third kappa shape index (κ3) is 3.11. The van der Waals surface area contributed by atoms with Gasteiger partial charge in [-0.25, -0.2) is 0 Å². The molecule has 0 aliphatic heterocycles. The Balaban J connectivity index is 0.000001000. The summed E-state index contributed by atoms with van der Waals surface area (Å²) in [4.78, 5) is 1.37. The maximum absolute atomic E-state index is 5.41. The van der Waals surface area contributed by atoms with Gasteiger partial charge in [0.2, 0.25) is 0 Å². The Kier molecular flexibility index (Phi) is 5.34. The van der Waals surface area contributed by atoms with Gasteiger partial charge >= 0.3 is 0 Å². The third-order valence-electron chi connectivity index (χ3n) is 1.30. The van der Waals surface area contributed by atoms with Gasteiger partial charge in [-0.2, -0.15) is 0 Å². The summed E-state index contributed by atoms with van der Waals surface area (Å²) < 4.78 is 1.23. The van der Waals surface area contributed by atoms with Gasteiger partial charge in [0.05, 0.1) is 3.79 Å². The fourth-order valence-corrected chi connectivity index (χ4v) is 2.43. The molecule has 0 bridgehead atoms. The van der Waals surface area contributed by atoms with E-state index in [0.29, 0.717) is 0 Å². The van der Waals surface area contributed by atoms with Gasteiger partial charge in [-0.3, -0.25) is 0 Å². The van der Waals surface area contributed by atoms with Crippen LogP contribution in [0.15, 0.2) is 9.85 Å². The van der Waals surface area contributed by atoms with Crippen LogP contribution in [0.4, 0.5) is 0 Å². The maximum Gasteiger partial charge on any atom is 0.0730 e. The van der Waals surface area contributed by atoms with Crippen LogP contribution < -0.4 is 5.73 Å². The van der Waals surface area contributed by atoms with Gasteiger partial charge in [-0.1, -0.05) is 0 Å². The number of aryl methyl sites for hydroxylation is 1. The van der Waals surface area contributed by atoms with E-state index in [0.717, 1.165) is 13.0 Å². The Labute approximate surface area is 85.5 Å². The van der Waals surface area contributed by atoms with Crippen molar-refractivity contribution in [3.05, 3.63) is 20.3 Å². The Morgan fingerprint density at radius 2 is 2.27 bits per heavy atom. The zero-order chi connectivity index (χ0) is 7.56. The van der Waals surface area contributed by atoms with Gasteiger partial charge < -0.3 is 5.73 Å². The minimum Gasteiger partial charge on any atom is -0.330 e. The van der Waals surface area contributed by atoms with Crippen LogP contribution in [0.2, 0.25) is 0 Å². The Morgan fingerprint density at radius 1 is 1.64 bits per heavy atom. The molecule has 0 atom stereocenters. The fourth-order valence-electron chi connectivity index (χ4n) is 0.789. The van der Waals surface area contributed by atoms with Crippen molar-refractivity contribution in [2.24, 2.45) is 5.73 Å². The average molecular weight is 257 g/mol. The lowest BCUT2D eigenvalue weighted by molar-refractivity contribution is 0.988.